The van der Waals surface area contributed by atoms with Crippen LogP contribution in [-0.4, -0.2) is 50.9 Å². The summed E-state index contributed by atoms with van der Waals surface area (Å²) in [5.74, 6) is 0.0707. The number of rotatable bonds is 5. The van der Waals surface area contributed by atoms with Gasteiger partial charge in [0.1, 0.15) is 0 Å². The number of hydrogen-bond donors (Lipinski definition) is 0. The smallest absolute Gasteiger partial charge is 0.254 e. The van der Waals surface area contributed by atoms with Gasteiger partial charge in [-0.15, -0.1) is 0 Å². The van der Waals surface area contributed by atoms with Crippen molar-refractivity contribution in [3.05, 3.63) is 65.7 Å². The summed E-state index contributed by atoms with van der Waals surface area (Å²) in [6, 6.07) is 16.8. The minimum absolute atomic E-state index is 0.0430. The van der Waals surface area contributed by atoms with Crippen LogP contribution in [-0.2, 0) is 16.4 Å². The molecule has 3 rings (SSSR count). The van der Waals surface area contributed by atoms with Crippen molar-refractivity contribution in [3.8, 4) is 0 Å². The molecule has 2 aromatic carbocycles. The standard InChI is InChI=1S/C20H24N2O3S/c1-21(2)18-10-8-16(9-11-18)14-22(19-12-13-26(24,25)15-19)20(23)17-6-4-3-5-7-17/h3-11,19H,12-15H2,1-2H3/t19-/m0/s1. The van der Waals surface area contributed by atoms with Gasteiger partial charge in [0, 0.05) is 37.9 Å². The highest BCUT2D eigenvalue weighted by molar-refractivity contribution is 7.91. The topological polar surface area (TPSA) is 57.7 Å². The van der Waals surface area contributed by atoms with Crippen molar-refractivity contribution in [3.63, 3.8) is 0 Å². The van der Waals surface area contributed by atoms with Crippen molar-refractivity contribution in [1.29, 1.82) is 0 Å². The van der Waals surface area contributed by atoms with Crippen LogP contribution in [0, 0.1) is 0 Å². The van der Waals surface area contributed by atoms with Crippen molar-refractivity contribution in [2.45, 2.75) is 19.0 Å². The largest absolute Gasteiger partial charge is 0.378 e. The molecule has 1 atom stereocenters. The average Bonchev–Trinajstić information content (AvgIpc) is 3.00. The second-order valence-corrected chi connectivity index (χ2v) is 9.15. The Labute approximate surface area is 155 Å². The summed E-state index contributed by atoms with van der Waals surface area (Å²) >= 11 is 0. The van der Waals surface area contributed by atoms with E-state index >= 15 is 0 Å². The van der Waals surface area contributed by atoms with Gasteiger partial charge in [-0.25, -0.2) is 8.42 Å². The number of amides is 1. The van der Waals surface area contributed by atoms with Crippen molar-refractivity contribution in [2.75, 3.05) is 30.5 Å². The predicted octanol–water partition coefficient (Wildman–Crippen LogP) is 2.58. The summed E-state index contributed by atoms with van der Waals surface area (Å²) in [7, 11) is 0.885. The first-order valence-electron chi connectivity index (χ1n) is 8.68. The highest BCUT2D eigenvalue weighted by Crippen LogP contribution is 2.23. The predicted molar refractivity (Wildman–Crippen MR) is 104 cm³/mol. The zero-order valence-electron chi connectivity index (χ0n) is 15.1. The van der Waals surface area contributed by atoms with Crippen LogP contribution in [0.5, 0.6) is 0 Å². The third kappa shape index (κ3) is 4.25. The molecule has 0 bridgehead atoms. The lowest BCUT2D eigenvalue weighted by Crippen LogP contribution is -2.40. The minimum atomic E-state index is -3.07. The Morgan fingerprint density at radius 3 is 2.23 bits per heavy atom. The average molecular weight is 372 g/mol. The zero-order valence-corrected chi connectivity index (χ0v) is 15.9. The maximum atomic E-state index is 13.0. The molecule has 0 unspecified atom stereocenters. The van der Waals surface area contributed by atoms with E-state index in [2.05, 4.69) is 0 Å². The van der Waals surface area contributed by atoms with E-state index in [4.69, 9.17) is 0 Å². The number of hydrogen-bond acceptors (Lipinski definition) is 4. The van der Waals surface area contributed by atoms with Gasteiger partial charge in [-0.3, -0.25) is 4.79 Å². The van der Waals surface area contributed by atoms with Crippen LogP contribution in [0.4, 0.5) is 5.69 Å². The number of benzene rings is 2. The molecule has 138 valence electrons. The third-order valence-corrected chi connectivity index (χ3v) is 6.49. The molecule has 0 saturated carbocycles. The quantitative estimate of drug-likeness (QED) is 0.809. The molecule has 5 nitrogen and oxygen atoms in total. The van der Waals surface area contributed by atoms with E-state index in [1.54, 1.807) is 17.0 Å². The summed E-state index contributed by atoms with van der Waals surface area (Å²) in [5.41, 5.74) is 2.66. The Kier molecular flexibility index (Phi) is 5.32. The summed E-state index contributed by atoms with van der Waals surface area (Å²) in [6.45, 7) is 0.404. The lowest BCUT2D eigenvalue weighted by molar-refractivity contribution is 0.0681. The molecule has 26 heavy (non-hydrogen) atoms. The van der Waals surface area contributed by atoms with E-state index in [-0.39, 0.29) is 23.5 Å². The minimum Gasteiger partial charge on any atom is -0.378 e. The Balaban J connectivity index is 1.86. The van der Waals surface area contributed by atoms with E-state index in [0.29, 0.717) is 18.5 Å². The first-order chi connectivity index (χ1) is 12.4. The first-order valence-corrected chi connectivity index (χ1v) is 10.5. The molecule has 1 saturated heterocycles. The molecule has 2 aromatic rings. The van der Waals surface area contributed by atoms with Gasteiger partial charge in [0.25, 0.3) is 5.91 Å². The van der Waals surface area contributed by atoms with Gasteiger partial charge in [0.05, 0.1) is 11.5 Å². The fraction of sp³-hybridized carbons (Fsp3) is 0.350. The molecule has 1 aliphatic heterocycles. The summed E-state index contributed by atoms with van der Waals surface area (Å²) in [4.78, 5) is 16.8. The van der Waals surface area contributed by atoms with Crippen molar-refractivity contribution < 1.29 is 13.2 Å². The normalized spacial score (nSPS) is 18.5. The Hall–Kier alpha value is -2.34. The van der Waals surface area contributed by atoms with Gasteiger partial charge >= 0.3 is 0 Å². The van der Waals surface area contributed by atoms with Gasteiger partial charge in [-0.2, -0.15) is 0 Å². The van der Waals surface area contributed by atoms with E-state index in [0.717, 1.165) is 11.3 Å². The number of nitrogens with zero attached hydrogens (tertiary/aromatic N) is 2. The van der Waals surface area contributed by atoms with Crippen LogP contribution in [0.3, 0.4) is 0 Å². The molecule has 0 aliphatic carbocycles. The third-order valence-electron chi connectivity index (χ3n) is 4.74. The van der Waals surface area contributed by atoms with E-state index < -0.39 is 9.84 Å². The SMILES string of the molecule is CN(C)c1ccc(CN(C(=O)c2ccccc2)[C@H]2CCS(=O)(=O)C2)cc1. The lowest BCUT2D eigenvalue weighted by Gasteiger charge is -2.29. The molecule has 0 radical (unpaired) electrons. The monoisotopic (exact) mass is 372 g/mol. The van der Waals surface area contributed by atoms with Crippen LogP contribution < -0.4 is 4.90 Å². The second kappa shape index (κ2) is 7.50. The number of carbonyl (C=O) groups excluding carboxylic acids is 1. The zero-order chi connectivity index (χ0) is 18.7. The van der Waals surface area contributed by atoms with Gasteiger partial charge in [0.15, 0.2) is 9.84 Å². The fourth-order valence-electron chi connectivity index (χ4n) is 3.23. The highest BCUT2D eigenvalue weighted by Gasteiger charge is 2.35. The second-order valence-electron chi connectivity index (χ2n) is 6.92. The Bertz CT molecular complexity index is 862. The van der Waals surface area contributed by atoms with E-state index in [9.17, 15) is 13.2 Å². The van der Waals surface area contributed by atoms with Crippen molar-refractivity contribution in [1.82, 2.24) is 4.90 Å². The number of carbonyl (C=O) groups is 1. The summed E-state index contributed by atoms with van der Waals surface area (Å²) in [5, 5.41) is 0. The molecular weight excluding hydrogens is 348 g/mol. The molecule has 0 spiro atoms. The van der Waals surface area contributed by atoms with Gasteiger partial charge in [0.2, 0.25) is 0 Å². The number of anilines is 1. The molecule has 1 fully saturated rings. The van der Waals surface area contributed by atoms with Gasteiger partial charge in [-0.1, -0.05) is 30.3 Å². The van der Waals surface area contributed by atoms with E-state index in [1.165, 1.54) is 0 Å². The van der Waals surface area contributed by atoms with E-state index in [1.807, 2.05) is 61.5 Å². The van der Waals surface area contributed by atoms with Crippen LogP contribution in [0.1, 0.15) is 22.3 Å². The summed E-state index contributed by atoms with van der Waals surface area (Å²) < 4.78 is 23.9. The fourth-order valence-corrected chi connectivity index (χ4v) is 4.96. The molecule has 1 aliphatic rings. The van der Waals surface area contributed by atoms with Crippen LogP contribution >= 0.6 is 0 Å². The molecule has 0 N–H and O–H groups in total. The molecule has 6 heteroatoms. The lowest BCUT2D eigenvalue weighted by atomic mass is 10.1. The van der Waals surface area contributed by atoms with Gasteiger partial charge in [-0.05, 0) is 36.2 Å². The molecule has 0 aromatic heterocycles. The Morgan fingerprint density at radius 1 is 1.04 bits per heavy atom. The summed E-state index contributed by atoms with van der Waals surface area (Å²) in [6.07, 6.45) is 0.497. The van der Waals surface area contributed by atoms with Crippen molar-refractivity contribution >= 4 is 21.4 Å². The van der Waals surface area contributed by atoms with Crippen LogP contribution in [0.2, 0.25) is 0 Å². The van der Waals surface area contributed by atoms with Crippen LogP contribution in [0.15, 0.2) is 54.6 Å². The highest BCUT2D eigenvalue weighted by atomic mass is 32.2. The maximum absolute atomic E-state index is 13.0. The maximum Gasteiger partial charge on any atom is 0.254 e. The molecular formula is C20H24N2O3S. The Morgan fingerprint density at radius 2 is 1.69 bits per heavy atom. The molecule has 1 amide bonds. The van der Waals surface area contributed by atoms with Crippen LogP contribution in [0.25, 0.3) is 0 Å². The van der Waals surface area contributed by atoms with Gasteiger partial charge < -0.3 is 9.80 Å². The number of sulfone groups is 1. The van der Waals surface area contributed by atoms with Crippen molar-refractivity contribution in [2.24, 2.45) is 0 Å². The first kappa shape index (κ1) is 18.5. The molecule has 1 heterocycles.